The van der Waals surface area contributed by atoms with Crippen LogP contribution in [0.1, 0.15) is 22.4 Å². The number of amides is 1. The number of hydrogen-bond donors (Lipinski definition) is 2. The van der Waals surface area contributed by atoms with E-state index in [2.05, 4.69) is 25.9 Å². The summed E-state index contributed by atoms with van der Waals surface area (Å²) in [5.74, 6) is -0.191. The minimum absolute atomic E-state index is 0.191. The zero-order chi connectivity index (χ0) is 13.7. The van der Waals surface area contributed by atoms with E-state index in [0.29, 0.717) is 16.7 Å². The number of carbonyl (C=O) groups is 1. The molecule has 19 heavy (non-hydrogen) atoms. The molecule has 0 unspecified atom stereocenters. The highest BCUT2D eigenvalue weighted by Crippen LogP contribution is 2.14. The molecular formula is C11H16N6OS. The molecule has 0 saturated heterocycles. The average Bonchev–Trinajstić information content (AvgIpc) is 3.00. The van der Waals surface area contributed by atoms with Gasteiger partial charge < -0.3 is 10.6 Å². The lowest BCUT2D eigenvalue weighted by Gasteiger charge is -2.03. The second-order valence-electron chi connectivity index (χ2n) is 3.89. The van der Waals surface area contributed by atoms with Gasteiger partial charge in [-0.25, -0.2) is 0 Å². The molecule has 2 N–H and O–H groups in total. The summed E-state index contributed by atoms with van der Waals surface area (Å²) in [5.41, 5.74) is 1.07. The Morgan fingerprint density at radius 3 is 3.00 bits per heavy atom. The number of rotatable bonds is 6. The van der Waals surface area contributed by atoms with Gasteiger partial charge in [-0.15, -0.1) is 10.2 Å². The van der Waals surface area contributed by atoms with E-state index in [-0.39, 0.29) is 5.91 Å². The maximum absolute atomic E-state index is 11.8. The molecule has 0 saturated carbocycles. The summed E-state index contributed by atoms with van der Waals surface area (Å²) in [5, 5.41) is 18.7. The Hall–Kier alpha value is -1.96. The molecule has 0 bridgehead atoms. The molecule has 8 heteroatoms. The Kier molecular flexibility index (Phi) is 4.45. The second kappa shape index (κ2) is 6.28. The van der Waals surface area contributed by atoms with E-state index in [4.69, 9.17) is 0 Å². The van der Waals surface area contributed by atoms with Crippen molar-refractivity contribution in [2.45, 2.75) is 13.3 Å². The molecule has 0 aliphatic carbocycles. The summed E-state index contributed by atoms with van der Waals surface area (Å²) in [6, 6.07) is 1.93. The van der Waals surface area contributed by atoms with Crippen molar-refractivity contribution in [3.05, 3.63) is 23.0 Å². The zero-order valence-corrected chi connectivity index (χ0v) is 11.7. The lowest BCUT2D eigenvalue weighted by Crippen LogP contribution is -2.26. The van der Waals surface area contributed by atoms with Crippen LogP contribution in [-0.4, -0.2) is 39.0 Å². The second-order valence-corrected chi connectivity index (χ2v) is 4.87. The van der Waals surface area contributed by atoms with Crippen LogP contribution >= 0.6 is 11.3 Å². The quantitative estimate of drug-likeness (QED) is 0.812. The third-order valence-corrected chi connectivity index (χ3v) is 3.42. The fraction of sp³-hybridized carbons (Fsp3) is 0.455. The van der Waals surface area contributed by atoms with Gasteiger partial charge in [0.1, 0.15) is 0 Å². The van der Waals surface area contributed by atoms with Gasteiger partial charge in [0.05, 0.1) is 0 Å². The summed E-state index contributed by atoms with van der Waals surface area (Å²) in [7, 11) is 1.88. The van der Waals surface area contributed by atoms with Crippen molar-refractivity contribution in [3.63, 3.8) is 0 Å². The van der Waals surface area contributed by atoms with Crippen LogP contribution in [0.2, 0.25) is 0 Å². The number of hydrogen-bond acceptors (Lipinski definition) is 6. The van der Waals surface area contributed by atoms with Crippen molar-refractivity contribution >= 4 is 22.4 Å². The minimum atomic E-state index is -0.191. The maximum atomic E-state index is 11.8. The Bertz CT molecular complexity index is 549. The standard InChI is InChI=1S/C11H16N6OS/c1-3-12-11-16-15-10(19-11)9(18)13-6-4-8-5-7-14-17(8)2/h5,7H,3-4,6H2,1-2H3,(H,12,16)(H,13,18). The largest absolute Gasteiger partial charge is 0.360 e. The van der Waals surface area contributed by atoms with Crippen LogP contribution < -0.4 is 10.6 Å². The predicted molar refractivity (Wildman–Crippen MR) is 73.3 cm³/mol. The van der Waals surface area contributed by atoms with Gasteiger partial charge >= 0.3 is 0 Å². The molecule has 2 aromatic heterocycles. The zero-order valence-electron chi connectivity index (χ0n) is 10.9. The fourth-order valence-corrected chi connectivity index (χ4v) is 2.29. The Balaban J connectivity index is 1.82. The van der Waals surface area contributed by atoms with Crippen LogP contribution in [0.15, 0.2) is 12.3 Å². The van der Waals surface area contributed by atoms with E-state index < -0.39 is 0 Å². The van der Waals surface area contributed by atoms with Crippen molar-refractivity contribution in [2.24, 2.45) is 7.05 Å². The summed E-state index contributed by atoms with van der Waals surface area (Å²) in [6.45, 7) is 3.28. The molecule has 0 spiro atoms. The molecule has 0 aromatic carbocycles. The molecule has 0 aliphatic heterocycles. The van der Waals surface area contributed by atoms with Gasteiger partial charge in [-0.1, -0.05) is 11.3 Å². The molecule has 0 fully saturated rings. The van der Waals surface area contributed by atoms with Crippen LogP contribution in [0.5, 0.6) is 0 Å². The predicted octanol–water partition coefficient (Wildman–Crippen LogP) is 0.676. The lowest BCUT2D eigenvalue weighted by molar-refractivity contribution is 0.0953. The molecule has 2 aromatic rings. The van der Waals surface area contributed by atoms with Gasteiger partial charge in [0.25, 0.3) is 5.91 Å². The number of carbonyl (C=O) groups excluding carboxylic acids is 1. The van der Waals surface area contributed by atoms with Crippen molar-refractivity contribution in [1.29, 1.82) is 0 Å². The van der Waals surface area contributed by atoms with E-state index in [1.165, 1.54) is 11.3 Å². The van der Waals surface area contributed by atoms with Crippen molar-refractivity contribution < 1.29 is 4.79 Å². The van der Waals surface area contributed by atoms with Gasteiger partial charge in [0, 0.05) is 38.4 Å². The number of anilines is 1. The van der Waals surface area contributed by atoms with Crippen LogP contribution in [0, 0.1) is 0 Å². The van der Waals surface area contributed by atoms with Crippen molar-refractivity contribution in [2.75, 3.05) is 18.4 Å². The third kappa shape index (κ3) is 3.50. The van der Waals surface area contributed by atoms with Gasteiger partial charge in [-0.2, -0.15) is 5.10 Å². The van der Waals surface area contributed by atoms with Crippen LogP contribution in [0.3, 0.4) is 0 Å². The molecule has 1 amide bonds. The molecule has 0 radical (unpaired) electrons. The number of nitrogens with one attached hydrogen (secondary N) is 2. The Morgan fingerprint density at radius 1 is 1.47 bits per heavy atom. The van der Waals surface area contributed by atoms with Crippen LogP contribution in [-0.2, 0) is 13.5 Å². The molecule has 0 aliphatic rings. The fourth-order valence-electron chi connectivity index (χ4n) is 1.56. The number of aryl methyl sites for hydroxylation is 1. The average molecular weight is 280 g/mol. The molecule has 0 atom stereocenters. The first-order valence-corrected chi connectivity index (χ1v) is 6.84. The topological polar surface area (TPSA) is 84.7 Å². The van der Waals surface area contributed by atoms with Crippen LogP contribution in [0.4, 0.5) is 5.13 Å². The van der Waals surface area contributed by atoms with E-state index in [1.54, 1.807) is 10.9 Å². The summed E-state index contributed by atoms with van der Waals surface area (Å²) in [6.07, 6.45) is 2.48. The Labute approximate surface area is 115 Å². The van der Waals surface area contributed by atoms with Crippen LogP contribution in [0.25, 0.3) is 0 Å². The van der Waals surface area contributed by atoms with E-state index in [0.717, 1.165) is 18.7 Å². The highest BCUT2D eigenvalue weighted by atomic mass is 32.1. The first-order valence-electron chi connectivity index (χ1n) is 6.03. The molecule has 2 rings (SSSR count). The molecule has 102 valence electrons. The van der Waals surface area contributed by atoms with Crippen molar-refractivity contribution in [3.8, 4) is 0 Å². The van der Waals surface area contributed by atoms with E-state index in [1.807, 2.05) is 20.0 Å². The summed E-state index contributed by atoms with van der Waals surface area (Å²) in [4.78, 5) is 11.8. The summed E-state index contributed by atoms with van der Waals surface area (Å²) >= 11 is 1.25. The molecule has 2 heterocycles. The lowest BCUT2D eigenvalue weighted by atomic mass is 10.3. The van der Waals surface area contributed by atoms with Gasteiger partial charge in [-0.3, -0.25) is 9.48 Å². The number of aromatic nitrogens is 4. The minimum Gasteiger partial charge on any atom is -0.360 e. The highest BCUT2D eigenvalue weighted by molar-refractivity contribution is 7.17. The SMILES string of the molecule is CCNc1nnc(C(=O)NCCc2ccnn2C)s1. The summed E-state index contributed by atoms with van der Waals surface area (Å²) < 4.78 is 1.79. The Morgan fingerprint density at radius 2 is 2.32 bits per heavy atom. The van der Waals surface area contributed by atoms with Gasteiger partial charge in [0.15, 0.2) is 0 Å². The van der Waals surface area contributed by atoms with Crippen molar-refractivity contribution in [1.82, 2.24) is 25.3 Å². The molecular weight excluding hydrogens is 264 g/mol. The normalized spacial score (nSPS) is 10.4. The van der Waals surface area contributed by atoms with Gasteiger partial charge in [-0.05, 0) is 13.0 Å². The smallest absolute Gasteiger partial charge is 0.282 e. The first kappa shape index (κ1) is 13.5. The first-order chi connectivity index (χ1) is 9.20. The van der Waals surface area contributed by atoms with Gasteiger partial charge in [0.2, 0.25) is 10.1 Å². The highest BCUT2D eigenvalue weighted by Gasteiger charge is 2.12. The number of nitrogens with zero attached hydrogens (tertiary/aromatic N) is 4. The maximum Gasteiger partial charge on any atom is 0.282 e. The monoisotopic (exact) mass is 280 g/mol. The third-order valence-electron chi connectivity index (χ3n) is 2.54. The molecule has 7 nitrogen and oxygen atoms in total. The van der Waals surface area contributed by atoms with E-state index in [9.17, 15) is 4.79 Å². The van der Waals surface area contributed by atoms with E-state index >= 15 is 0 Å².